The molecule has 0 aliphatic heterocycles. The Bertz CT molecular complexity index is 2830. The van der Waals surface area contributed by atoms with Crippen molar-refractivity contribution in [3.8, 4) is 44.5 Å². The van der Waals surface area contributed by atoms with Gasteiger partial charge in [0.05, 0.1) is 22.1 Å². The van der Waals surface area contributed by atoms with E-state index >= 15 is 0 Å². The van der Waals surface area contributed by atoms with Gasteiger partial charge in [0.1, 0.15) is 0 Å². The second-order valence-electron chi connectivity index (χ2n) is 12.9. The number of hydrogen-bond acceptors (Lipinski definition) is 3. The molecule has 3 aromatic heterocycles. The summed E-state index contributed by atoms with van der Waals surface area (Å²) in [5.74, 6) is 0. The number of hydrogen-bond donors (Lipinski definition) is 0. The lowest BCUT2D eigenvalue weighted by atomic mass is 9.91. The van der Waals surface area contributed by atoms with E-state index in [4.69, 9.17) is 15.0 Å². The first-order valence-corrected chi connectivity index (χ1v) is 16.9. The lowest BCUT2D eigenvalue weighted by Crippen LogP contribution is -1.91. The topological polar surface area (TPSA) is 38.7 Å². The third-order valence-corrected chi connectivity index (χ3v) is 9.86. The highest BCUT2D eigenvalue weighted by Gasteiger charge is 2.15. The average Bonchev–Trinajstić information content (AvgIpc) is 3.19. The van der Waals surface area contributed by atoms with E-state index < -0.39 is 0 Å². The van der Waals surface area contributed by atoms with E-state index in [0.717, 1.165) is 77.0 Å². The number of rotatable bonds is 4. The fraction of sp³-hybridized carbons (Fsp3) is 0. The molecule has 10 rings (SSSR count). The molecule has 0 saturated heterocycles. The molecule has 232 valence electrons. The van der Waals surface area contributed by atoms with E-state index in [0.29, 0.717) is 0 Å². The van der Waals surface area contributed by atoms with Crippen molar-refractivity contribution < 1.29 is 0 Å². The average molecular weight is 636 g/mol. The normalized spacial score (nSPS) is 11.6. The van der Waals surface area contributed by atoms with Crippen LogP contribution in [-0.4, -0.2) is 15.0 Å². The molecule has 7 aromatic carbocycles. The SMILES string of the molecule is c1ccc2ncc(-c3cc(-c4ccc(-c5c6ccccc6nc6c5ccc5ccccc56)cc4)cc(-c4cnc5ccccc5c4)c3)cc2c1. The van der Waals surface area contributed by atoms with Crippen molar-refractivity contribution in [2.24, 2.45) is 0 Å². The molecule has 3 heterocycles. The van der Waals surface area contributed by atoms with E-state index in [1.165, 1.54) is 21.9 Å². The fourth-order valence-electron chi connectivity index (χ4n) is 7.35. The van der Waals surface area contributed by atoms with E-state index in [1.54, 1.807) is 0 Å². The molecule has 10 aromatic rings. The largest absolute Gasteiger partial charge is 0.256 e. The van der Waals surface area contributed by atoms with Crippen LogP contribution in [0.3, 0.4) is 0 Å². The number of benzene rings is 7. The van der Waals surface area contributed by atoms with E-state index in [9.17, 15) is 0 Å². The van der Waals surface area contributed by atoms with Gasteiger partial charge < -0.3 is 0 Å². The highest BCUT2D eigenvalue weighted by Crippen LogP contribution is 2.39. The van der Waals surface area contributed by atoms with Crippen molar-refractivity contribution in [1.82, 2.24) is 15.0 Å². The van der Waals surface area contributed by atoms with Gasteiger partial charge in [-0.25, -0.2) is 4.98 Å². The Hall–Kier alpha value is -6.71. The van der Waals surface area contributed by atoms with Gasteiger partial charge in [-0.1, -0.05) is 115 Å². The molecule has 0 atom stereocenters. The van der Waals surface area contributed by atoms with Crippen LogP contribution in [-0.2, 0) is 0 Å². The van der Waals surface area contributed by atoms with Crippen LogP contribution in [0.25, 0.3) is 98.9 Å². The highest BCUT2D eigenvalue weighted by atomic mass is 14.7. The Balaban J connectivity index is 1.14. The lowest BCUT2D eigenvalue weighted by molar-refractivity contribution is 1.40. The Labute approximate surface area is 289 Å². The summed E-state index contributed by atoms with van der Waals surface area (Å²) in [6, 6.07) is 58.3. The molecule has 0 unspecified atom stereocenters. The molecule has 0 bridgehead atoms. The quantitative estimate of drug-likeness (QED) is 0.143. The minimum atomic E-state index is 0.992. The summed E-state index contributed by atoms with van der Waals surface area (Å²) in [5, 5.41) is 6.93. The van der Waals surface area contributed by atoms with Crippen LogP contribution < -0.4 is 0 Å². The number of fused-ring (bicyclic) bond motifs is 6. The van der Waals surface area contributed by atoms with Crippen molar-refractivity contribution in [2.75, 3.05) is 0 Å². The van der Waals surface area contributed by atoms with Gasteiger partial charge >= 0.3 is 0 Å². The molecule has 3 nitrogen and oxygen atoms in total. The molecule has 0 amide bonds. The number of pyridine rings is 3. The Morgan fingerprint density at radius 3 is 1.44 bits per heavy atom. The molecule has 0 saturated carbocycles. The standard InChI is InChI=1S/C47H29N3/c1-4-12-40-31(9-1)21-22-42-46(41-13-5-8-16-45(41)50-47(40)42)32-19-17-30(18-20-32)35-25-36(38-23-33-10-2-6-14-43(33)48-28-38)27-37(26-35)39-24-34-11-3-7-15-44(34)49-29-39/h1-29H. The highest BCUT2D eigenvalue weighted by molar-refractivity contribution is 6.17. The first-order valence-electron chi connectivity index (χ1n) is 16.9. The number of aromatic nitrogens is 3. The maximum absolute atomic E-state index is 5.16. The van der Waals surface area contributed by atoms with Gasteiger partial charge in [0, 0.05) is 56.0 Å². The van der Waals surface area contributed by atoms with Crippen molar-refractivity contribution in [1.29, 1.82) is 0 Å². The molecule has 0 radical (unpaired) electrons. The third-order valence-electron chi connectivity index (χ3n) is 9.86. The zero-order valence-electron chi connectivity index (χ0n) is 27.1. The third kappa shape index (κ3) is 4.79. The summed E-state index contributed by atoms with van der Waals surface area (Å²) in [4.78, 5) is 14.8. The van der Waals surface area contributed by atoms with Gasteiger partial charge in [0.2, 0.25) is 0 Å². The lowest BCUT2D eigenvalue weighted by Gasteiger charge is -2.15. The van der Waals surface area contributed by atoms with Crippen LogP contribution in [0.5, 0.6) is 0 Å². The molecule has 3 heteroatoms. The second kappa shape index (κ2) is 11.5. The van der Waals surface area contributed by atoms with E-state index in [-0.39, 0.29) is 0 Å². The van der Waals surface area contributed by atoms with Crippen LogP contribution in [0.2, 0.25) is 0 Å². The number of para-hydroxylation sites is 3. The first kappa shape index (κ1) is 28.3. The Morgan fingerprint density at radius 2 is 0.800 bits per heavy atom. The molecule has 0 fully saturated rings. The summed E-state index contributed by atoms with van der Waals surface area (Å²) in [7, 11) is 0. The maximum Gasteiger partial charge on any atom is 0.0794 e. The van der Waals surface area contributed by atoms with Crippen LogP contribution >= 0.6 is 0 Å². The van der Waals surface area contributed by atoms with Crippen molar-refractivity contribution >= 4 is 54.4 Å². The Kier molecular flexibility index (Phi) is 6.49. The summed E-state index contributed by atoms with van der Waals surface area (Å²) in [6.45, 7) is 0. The van der Waals surface area contributed by atoms with Gasteiger partial charge in [0.25, 0.3) is 0 Å². The van der Waals surface area contributed by atoms with Gasteiger partial charge in [-0.3, -0.25) is 9.97 Å². The van der Waals surface area contributed by atoms with E-state index in [1.807, 2.05) is 24.5 Å². The van der Waals surface area contributed by atoms with Gasteiger partial charge in [-0.15, -0.1) is 0 Å². The monoisotopic (exact) mass is 635 g/mol. The predicted molar refractivity (Wildman–Crippen MR) is 209 cm³/mol. The summed E-state index contributed by atoms with van der Waals surface area (Å²) in [5.41, 5.74) is 13.1. The van der Waals surface area contributed by atoms with Crippen LogP contribution in [0.15, 0.2) is 176 Å². The molecule has 0 spiro atoms. The summed E-state index contributed by atoms with van der Waals surface area (Å²) < 4.78 is 0. The number of nitrogens with zero attached hydrogens (tertiary/aromatic N) is 3. The van der Waals surface area contributed by atoms with Gasteiger partial charge in [0.15, 0.2) is 0 Å². The molecule has 0 N–H and O–H groups in total. The van der Waals surface area contributed by atoms with Crippen molar-refractivity contribution in [3.05, 3.63) is 176 Å². The van der Waals surface area contributed by atoms with Crippen LogP contribution in [0, 0.1) is 0 Å². The Morgan fingerprint density at radius 1 is 0.300 bits per heavy atom. The second-order valence-corrected chi connectivity index (χ2v) is 12.9. The minimum Gasteiger partial charge on any atom is -0.256 e. The van der Waals surface area contributed by atoms with Gasteiger partial charge in [-0.2, -0.15) is 0 Å². The minimum absolute atomic E-state index is 0.992. The van der Waals surface area contributed by atoms with E-state index in [2.05, 4.69) is 152 Å². The predicted octanol–water partition coefficient (Wildman–Crippen LogP) is 12.3. The molecular formula is C47H29N3. The zero-order valence-corrected chi connectivity index (χ0v) is 27.1. The summed E-state index contributed by atoms with van der Waals surface area (Å²) in [6.07, 6.45) is 3.96. The molecule has 0 aliphatic rings. The molecular weight excluding hydrogens is 607 g/mol. The van der Waals surface area contributed by atoms with Crippen molar-refractivity contribution in [2.45, 2.75) is 0 Å². The molecule has 50 heavy (non-hydrogen) atoms. The maximum atomic E-state index is 5.16. The van der Waals surface area contributed by atoms with Crippen molar-refractivity contribution in [3.63, 3.8) is 0 Å². The first-order chi connectivity index (χ1) is 24.7. The van der Waals surface area contributed by atoms with Crippen LogP contribution in [0.1, 0.15) is 0 Å². The molecule has 0 aliphatic carbocycles. The smallest absolute Gasteiger partial charge is 0.0794 e. The van der Waals surface area contributed by atoms with Gasteiger partial charge in [-0.05, 0) is 81.7 Å². The zero-order chi connectivity index (χ0) is 33.0. The van der Waals surface area contributed by atoms with Crippen LogP contribution in [0.4, 0.5) is 0 Å². The fourth-order valence-corrected chi connectivity index (χ4v) is 7.35. The summed E-state index contributed by atoms with van der Waals surface area (Å²) >= 11 is 0.